The summed E-state index contributed by atoms with van der Waals surface area (Å²) < 4.78 is 13.8. The minimum absolute atomic E-state index is 0.141. The first-order valence-electron chi connectivity index (χ1n) is 6.65. The zero-order chi connectivity index (χ0) is 14.3. The number of rotatable bonds is 0. The first kappa shape index (κ1) is 12.9. The van der Waals surface area contributed by atoms with Gasteiger partial charge in [-0.3, -0.25) is 4.79 Å². The summed E-state index contributed by atoms with van der Waals surface area (Å²) in [5.74, 6) is -0.560. The molecule has 5 nitrogen and oxygen atoms in total. The number of carbonyl (C=O) groups excluding carboxylic acids is 2. The molecule has 0 bridgehead atoms. The molecule has 2 heterocycles. The number of nitrogens with one attached hydrogen (secondary N) is 2. The molecular weight excluding hydrogens is 261 g/mol. The number of fused-ring (bicyclic) bond motifs is 2. The topological polar surface area (TPSA) is 61.4 Å². The maximum Gasteiger partial charge on any atom is 0.317 e. The summed E-state index contributed by atoms with van der Waals surface area (Å²) >= 11 is 0. The highest BCUT2D eigenvalue weighted by Crippen LogP contribution is 2.45. The number of para-hydroxylation sites is 1. The van der Waals surface area contributed by atoms with Crippen LogP contribution in [-0.4, -0.2) is 37.0 Å². The predicted molar refractivity (Wildman–Crippen MR) is 72.0 cm³/mol. The Balaban J connectivity index is 1.91. The Bertz CT molecular complexity index is 580. The third-order valence-corrected chi connectivity index (χ3v) is 4.32. The van der Waals surface area contributed by atoms with Crippen molar-refractivity contribution in [3.05, 3.63) is 29.6 Å². The number of nitrogens with zero attached hydrogens (tertiary/aromatic N) is 1. The van der Waals surface area contributed by atoms with Crippen LogP contribution in [0.5, 0.6) is 0 Å². The average Bonchev–Trinajstić information content (AvgIpc) is 2.74. The number of anilines is 1. The summed E-state index contributed by atoms with van der Waals surface area (Å²) in [6.45, 7) is 0.978. The van der Waals surface area contributed by atoms with Gasteiger partial charge >= 0.3 is 6.03 Å². The number of halogens is 1. The third-order valence-electron chi connectivity index (χ3n) is 4.32. The van der Waals surface area contributed by atoms with Crippen LogP contribution in [0.4, 0.5) is 14.9 Å². The number of amides is 3. The van der Waals surface area contributed by atoms with Gasteiger partial charge in [0.2, 0.25) is 5.91 Å². The standard InChI is InChI=1S/C14H16FN3O2/c1-16-13(20)18-7-5-14(6-8-18)9-3-2-4-10(15)11(9)17-12(14)19/h2-4H,5-8H2,1H3,(H,16,20)(H,17,19). The van der Waals surface area contributed by atoms with Gasteiger partial charge < -0.3 is 15.5 Å². The highest BCUT2D eigenvalue weighted by atomic mass is 19.1. The van der Waals surface area contributed by atoms with E-state index in [1.54, 1.807) is 24.1 Å². The molecule has 0 radical (unpaired) electrons. The third kappa shape index (κ3) is 1.67. The summed E-state index contributed by atoms with van der Waals surface area (Å²) in [5, 5.41) is 5.23. The van der Waals surface area contributed by atoms with Crippen LogP contribution >= 0.6 is 0 Å². The molecule has 1 saturated heterocycles. The Kier molecular flexibility index (Phi) is 2.88. The SMILES string of the molecule is CNC(=O)N1CCC2(CC1)C(=O)Nc1c(F)cccc12. The van der Waals surface area contributed by atoms with Crippen molar-refractivity contribution in [3.63, 3.8) is 0 Å². The van der Waals surface area contributed by atoms with E-state index >= 15 is 0 Å². The van der Waals surface area contributed by atoms with Crippen molar-refractivity contribution in [1.82, 2.24) is 10.2 Å². The normalized spacial score (nSPS) is 19.7. The van der Waals surface area contributed by atoms with Crippen LogP contribution in [0.1, 0.15) is 18.4 Å². The highest BCUT2D eigenvalue weighted by molar-refractivity contribution is 6.06. The molecule has 3 rings (SSSR count). The van der Waals surface area contributed by atoms with E-state index in [9.17, 15) is 14.0 Å². The molecule has 1 spiro atoms. The second kappa shape index (κ2) is 4.47. The molecule has 106 valence electrons. The van der Waals surface area contributed by atoms with Gasteiger partial charge in [0.25, 0.3) is 0 Å². The molecule has 1 aromatic rings. The summed E-state index contributed by atoms with van der Waals surface area (Å²) in [7, 11) is 1.58. The van der Waals surface area contributed by atoms with Crippen LogP contribution in [0.15, 0.2) is 18.2 Å². The molecule has 2 aliphatic heterocycles. The number of benzene rings is 1. The minimum Gasteiger partial charge on any atom is -0.341 e. The van der Waals surface area contributed by atoms with Crippen molar-refractivity contribution in [2.45, 2.75) is 18.3 Å². The molecule has 0 saturated carbocycles. The minimum atomic E-state index is -0.693. The van der Waals surface area contributed by atoms with E-state index in [1.807, 2.05) is 0 Å². The van der Waals surface area contributed by atoms with E-state index in [1.165, 1.54) is 6.07 Å². The summed E-state index contributed by atoms with van der Waals surface area (Å²) in [6, 6.07) is 4.63. The zero-order valence-electron chi connectivity index (χ0n) is 11.2. The molecule has 6 heteroatoms. The highest BCUT2D eigenvalue weighted by Gasteiger charge is 2.49. The van der Waals surface area contributed by atoms with Crippen molar-refractivity contribution < 1.29 is 14.0 Å². The van der Waals surface area contributed by atoms with E-state index in [4.69, 9.17) is 0 Å². The maximum absolute atomic E-state index is 13.8. The van der Waals surface area contributed by atoms with Crippen LogP contribution in [0, 0.1) is 5.82 Å². The Hall–Kier alpha value is -2.11. The second-order valence-electron chi connectivity index (χ2n) is 5.24. The summed E-state index contributed by atoms with van der Waals surface area (Å²) in [4.78, 5) is 25.6. The number of carbonyl (C=O) groups is 2. The van der Waals surface area contributed by atoms with Crippen LogP contribution < -0.4 is 10.6 Å². The number of piperidine rings is 1. The van der Waals surface area contributed by atoms with Crippen LogP contribution in [0.3, 0.4) is 0 Å². The van der Waals surface area contributed by atoms with Gasteiger partial charge in [-0.25, -0.2) is 9.18 Å². The Morgan fingerprint density at radius 3 is 2.75 bits per heavy atom. The Morgan fingerprint density at radius 2 is 2.10 bits per heavy atom. The summed E-state index contributed by atoms with van der Waals surface area (Å²) in [5.41, 5.74) is 0.326. The number of likely N-dealkylation sites (tertiary alicyclic amines) is 1. The van der Waals surface area contributed by atoms with Crippen molar-refractivity contribution in [1.29, 1.82) is 0 Å². The largest absolute Gasteiger partial charge is 0.341 e. The summed E-state index contributed by atoms with van der Waals surface area (Å²) in [6.07, 6.45) is 1.03. The van der Waals surface area contributed by atoms with E-state index in [-0.39, 0.29) is 11.9 Å². The molecule has 1 aromatic carbocycles. The van der Waals surface area contributed by atoms with Gasteiger partial charge in [0, 0.05) is 20.1 Å². The maximum atomic E-state index is 13.8. The quantitative estimate of drug-likeness (QED) is 0.754. The first-order valence-corrected chi connectivity index (χ1v) is 6.65. The van der Waals surface area contributed by atoms with E-state index < -0.39 is 11.2 Å². The predicted octanol–water partition coefficient (Wildman–Crippen LogP) is 1.45. The monoisotopic (exact) mass is 277 g/mol. The molecule has 3 amide bonds. The molecule has 0 atom stereocenters. The van der Waals surface area contributed by atoms with Gasteiger partial charge in [-0.2, -0.15) is 0 Å². The van der Waals surface area contributed by atoms with Crippen LogP contribution in [-0.2, 0) is 10.2 Å². The van der Waals surface area contributed by atoms with Crippen molar-refractivity contribution in [2.24, 2.45) is 0 Å². The van der Waals surface area contributed by atoms with E-state index in [0.29, 0.717) is 31.6 Å². The lowest BCUT2D eigenvalue weighted by Crippen LogP contribution is -2.50. The van der Waals surface area contributed by atoms with E-state index in [2.05, 4.69) is 10.6 Å². The van der Waals surface area contributed by atoms with Crippen molar-refractivity contribution in [2.75, 3.05) is 25.5 Å². The Morgan fingerprint density at radius 1 is 1.40 bits per heavy atom. The van der Waals surface area contributed by atoms with Crippen molar-refractivity contribution >= 4 is 17.6 Å². The fourth-order valence-corrected chi connectivity index (χ4v) is 3.15. The second-order valence-corrected chi connectivity index (χ2v) is 5.24. The number of hydrogen-bond acceptors (Lipinski definition) is 2. The Labute approximate surface area is 116 Å². The van der Waals surface area contributed by atoms with Gasteiger partial charge in [-0.05, 0) is 24.5 Å². The molecule has 2 aliphatic rings. The molecule has 0 aliphatic carbocycles. The zero-order valence-corrected chi connectivity index (χ0v) is 11.2. The fraction of sp³-hybridized carbons (Fsp3) is 0.429. The lowest BCUT2D eigenvalue weighted by Gasteiger charge is -2.37. The molecule has 2 N–H and O–H groups in total. The molecule has 1 fully saturated rings. The fourth-order valence-electron chi connectivity index (χ4n) is 3.15. The van der Waals surface area contributed by atoms with E-state index in [0.717, 1.165) is 5.56 Å². The van der Waals surface area contributed by atoms with Gasteiger partial charge in [-0.1, -0.05) is 12.1 Å². The van der Waals surface area contributed by atoms with Gasteiger partial charge in [0.15, 0.2) is 0 Å². The number of urea groups is 1. The molecule has 20 heavy (non-hydrogen) atoms. The smallest absolute Gasteiger partial charge is 0.317 e. The molecular formula is C14H16FN3O2. The lowest BCUT2D eigenvalue weighted by molar-refractivity contribution is -0.122. The lowest BCUT2D eigenvalue weighted by atomic mass is 9.74. The van der Waals surface area contributed by atoms with Crippen molar-refractivity contribution in [3.8, 4) is 0 Å². The van der Waals surface area contributed by atoms with Crippen LogP contribution in [0.25, 0.3) is 0 Å². The number of hydrogen-bond donors (Lipinski definition) is 2. The van der Waals surface area contributed by atoms with Gasteiger partial charge in [0.05, 0.1) is 11.1 Å². The molecule has 0 aromatic heterocycles. The average molecular weight is 277 g/mol. The van der Waals surface area contributed by atoms with Gasteiger partial charge in [-0.15, -0.1) is 0 Å². The molecule has 0 unspecified atom stereocenters. The van der Waals surface area contributed by atoms with Gasteiger partial charge in [0.1, 0.15) is 5.82 Å². The first-order chi connectivity index (χ1) is 9.58. The van der Waals surface area contributed by atoms with Crippen LogP contribution in [0.2, 0.25) is 0 Å².